The third-order valence-corrected chi connectivity index (χ3v) is 5.58. The Balaban J connectivity index is 1.84. The van der Waals surface area contributed by atoms with E-state index >= 15 is 0 Å². The minimum absolute atomic E-state index is 0.0564. The summed E-state index contributed by atoms with van der Waals surface area (Å²) in [6.45, 7) is 0.0736. The number of nitrogens with zero attached hydrogens (tertiary/aromatic N) is 1. The van der Waals surface area contributed by atoms with Crippen LogP contribution >= 0.6 is 11.6 Å². The Bertz CT molecular complexity index is 1120. The van der Waals surface area contributed by atoms with Crippen molar-refractivity contribution in [2.24, 2.45) is 5.92 Å². The van der Waals surface area contributed by atoms with Gasteiger partial charge in [-0.2, -0.15) is 0 Å². The van der Waals surface area contributed by atoms with E-state index in [9.17, 15) is 19.2 Å². The summed E-state index contributed by atoms with van der Waals surface area (Å²) in [4.78, 5) is 51.1. The highest BCUT2D eigenvalue weighted by Crippen LogP contribution is 2.40. The Morgan fingerprint density at radius 1 is 0.912 bits per heavy atom. The van der Waals surface area contributed by atoms with Gasteiger partial charge < -0.3 is 29.2 Å². The molecule has 2 amide bonds. The predicted octanol–water partition coefficient (Wildman–Crippen LogP) is 2.92. The number of halogens is 1. The van der Waals surface area contributed by atoms with Crippen LogP contribution in [0.4, 0.5) is 11.4 Å². The molecule has 1 unspecified atom stereocenters. The predicted molar refractivity (Wildman–Crippen MR) is 123 cm³/mol. The van der Waals surface area contributed by atoms with Crippen molar-refractivity contribution in [1.82, 2.24) is 0 Å². The topological polar surface area (TPSA) is 120 Å². The van der Waals surface area contributed by atoms with Crippen molar-refractivity contribution >= 4 is 46.7 Å². The van der Waals surface area contributed by atoms with Crippen molar-refractivity contribution in [1.29, 1.82) is 0 Å². The second-order valence-corrected chi connectivity index (χ2v) is 7.74. The Hall–Kier alpha value is -3.79. The SMILES string of the molecule is COC(=O)c1cc(NC(=O)C2CC(=O)N(c3cc(Cl)c(OC)cc3OC)C2)cc(C(=O)OC)c1. The first kappa shape index (κ1) is 24.8. The molecule has 1 fully saturated rings. The third-order valence-electron chi connectivity index (χ3n) is 5.28. The summed E-state index contributed by atoms with van der Waals surface area (Å²) in [5.74, 6) is -2.09. The van der Waals surface area contributed by atoms with Crippen LogP contribution in [-0.2, 0) is 19.1 Å². The maximum atomic E-state index is 13.0. The number of hydrogen-bond donors (Lipinski definition) is 1. The van der Waals surface area contributed by atoms with E-state index in [-0.39, 0.29) is 40.7 Å². The van der Waals surface area contributed by atoms with Crippen molar-refractivity contribution < 1.29 is 38.1 Å². The normalized spacial score (nSPS) is 15.0. The Morgan fingerprint density at radius 2 is 1.50 bits per heavy atom. The monoisotopic (exact) mass is 490 g/mol. The van der Waals surface area contributed by atoms with E-state index < -0.39 is 23.8 Å². The molecule has 0 bridgehead atoms. The number of ether oxygens (including phenoxy) is 4. The van der Waals surface area contributed by atoms with Crippen LogP contribution in [-0.4, -0.2) is 58.7 Å². The second kappa shape index (κ2) is 10.4. The number of methoxy groups -OCH3 is 4. The van der Waals surface area contributed by atoms with Gasteiger partial charge in [-0.1, -0.05) is 11.6 Å². The molecule has 0 aliphatic carbocycles. The zero-order valence-electron chi connectivity index (χ0n) is 19.0. The number of esters is 2. The lowest BCUT2D eigenvalue weighted by molar-refractivity contribution is -0.122. The van der Waals surface area contributed by atoms with Crippen molar-refractivity contribution in [3.63, 3.8) is 0 Å². The second-order valence-electron chi connectivity index (χ2n) is 7.34. The first-order valence-corrected chi connectivity index (χ1v) is 10.4. The maximum Gasteiger partial charge on any atom is 0.337 e. The van der Waals surface area contributed by atoms with Crippen LogP contribution < -0.4 is 19.7 Å². The molecule has 0 radical (unpaired) electrons. The molecule has 11 heteroatoms. The Morgan fingerprint density at radius 3 is 2.03 bits per heavy atom. The van der Waals surface area contributed by atoms with Crippen LogP contribution in [0.25, 0.3) is 0 Å². The molecule has 3 rings (SSSR count). The molecule has 1 atom stereocenters. The van der Waals surface area contributed by atoms with Gasteiger partial charge in [0.05, 0.1) is 56.2 Å². The van der Waals surface area contributed by atoms with E-state index in [2.05, 4.69) is 5.32 Å². The number of amides is 2. The summed E-state index contributed by atoms with van der Waals surface area (Å²) in [5.41, 5.74) is 0.711. The van der Waals surface area contributed by atoms with E-state index in [0.29, 0.717) is 17.2 Å². The molecule has 0 spiro atoms. The highest BCUT2D eigenvalue weighted by molar-refractivity contribution is 6.32. The first-order chi connectivity index (χ1) is 16.2. The van der Waals surface area contributed by atoms with Gasteiger partial charge in [0.15, 0.2) is 0 Å². The molecule has 180 valence electrons. The largest absolute Gasteiger partial charge is 0.495 e. The fourth-order valence-electron chi connectivity index (χ4n) is 3.59. The number of carbonyl (C=O) groups excluding carboxylic acids is 4. The third kappa shape index (κ3) is 5.07. The first-order valence-electron chi connectivity index (χ1n) is 10.1. The minimum Gasteiger partial charge on any atom is -0.495 e. The van der Waals surface area contributed by atoms with Gasteiger partial charge >= 0.3 is 11.9 Å². The molecular weight excluding hydrogens is 468 g/mol. The van der Waals surface area contributed by atoms with E-state index in [1.165, 1.54) is 51.5 Å². The number of benzene rings is 2. The standard InChI is InChI=1S/C23H23ClN2O8/c1-31-18-10-19(32-2)17(9-16(18)24)26-11-14(8-20(26)27)21(28)25-15-6-12(22(29)33-3)5-13(7-15)23(30)34-4/h5-7,9-10,14H,8,11H2,1-4H3,(H,25,28). The quantitative estimate of drug-likeness (QED) is 0.588. The molecule has 1 heterocycles. The van der Waals surface area contributed by atoms with E-state index in [1.807, 2.05) is 0 Å². The lowest BCUT2D eigenvalue weighted by Gasteiger charge is -2.21. The molecule has 1 N–H and O–H groups in total. The van der Waals surface area contributed by atoms with E-state index in [0.717, 1.165) is 0 Å². The van der Waals surface area contributed by atoms with Crippen molar-refractivity contribution in [3.8, 4) is 11.5 Å². The van der Waals surface area contributed by atoms with Gasteiger partial charge in [-0.3, -0.25) is 9.59 Å². The van der Waals surface area contributed by atoms with Crippen molar-refractivity contribution in [2.45, 2.75) is 6.42 Å². The van der Waals surface area contributed by atoms with Crippen LogP contribution in [0.2, 0.25) is 5.02 Å². The van der Waals surface area contributed by atoms with Crippen LogP contribution in [0.3, 0.4) is 0 Å². The van der Waals surface area contributed by atoms with Crippen molar-refractivity contribution in [2.75, 3.05) is 45.2 Å². The summed E-state index contributed by atoms with van der Waals surface area (Å²) in [6.07, 6.45) is -0.0564. The van der Waals surface area contributed by atoms with Crippen LogP contribution in [0.15, 0.2) is 30.3 Å². The summed E-state index contributed by atoms with van der Waals surface area (Å²) >= 11 is 6.22. The zero-order chi connectivity index (χ0) is 25.0. The van der Waals surface area contributed by atoms with Gasteiger partial charge in [-0.15, -0.1) is 0 Å². The average Bonchev–Trinajstić information content (AvgIpc) is 3.23. The van der Waals surface area contributed by atoms with Gasteiger partial charge in [-0.05, 0) is 24.3 Å². The molecule has 2 aromatic rings. The van der Waals surface area contributed by atoms with Crippen molar-refractivity contribution in [3.05, 3.63) is 46.5 Å². The fourth-order valence-corrected chi connectivity index (χ4v) is 3.82. The maximum absolute atomic E-state index is 13.0. The summed E-state index contributed by atoms with van der Waals surface area (Å²) in [6, 6.07) is 7.15. The Labute approximate surface area is 200 Å². The molecule has 1 aliphatic rings. The smallest absolute Gasteiger partial charge is 0.337 e. The molecule has 10 nitrogen and oxygen atoms in total. The lowest BCUT2D eigenvalue weighted by atomic mass is 10.1. The molecule has 1 saturated heterocycles. The molecule has 0 saturated carbocycles. The van der Waals surface area contributed by atoms with Gasteiger partial charge in [0, 0.05) is 24.7 Å². The molecule has 34 heavy (non-hydrogen) atoms. The lowest BCUT2D eigenvalue weighted by Crippen LogP contribution is -2.28. The van der Waals surface area contributed by atoms with E-state index in [4.69, 9.17) is 30.5 Å². The number of carbonyl (C=O) groups is 4. The van der Waals surface area contributed by atoms with Gasteiger partial charge in [0.1, 0.15) is 11.5 Å². The number of rotatable bonds is 7. The van der Waals surface area contributed by atoms with E-state index in [1.54, 1.807) is 12.1 Å². The molecule has 1 aliphatic heterocycles. The number of hydrogen-bond acceptors (Lipinski definition) is 8. The molecule has 2 aromatic carbocycles. The van der Waals surface area contributed by atoms with Crippen LogP contribution in [0.1, 0.15) is 27.1 Å². The average molecular weight is 491 g/mol. The number of anilines is 2. The number of nitrogens with one attached hydrogen (secondary N) is 1. The summed E-state index contributed by atoms with van der Waals surface area (Å²) < 4.78 is 20.0. The Kier molecular flexibility index (Phi) is 7.62. The van der Waals surface area contributed by atoms with Crippen LogP contribution in [0, 0.1) is 5.92 Å². The zero-order valence-corrected chi connectivity index (χ0v) is 19.7. The molecule has 0 aromatic heterocycles. The molecular formula is C23H23ClN2O8. The van der Waals surface area contributed by atoms with Crippen LogP contribution in [0.5, 0.6) is 11.5 Å². The minimum atomic E-state index is -0.707. The van der Waals surface area contributed by atoms with Gasteiger partial charge in [0.25, 0.3) is 0 Å². The van der Waals surface area contributed by atoms with Gasteiger partial charge in [-0.25, -0.2) is 9.59 Å². The highest BCUT2D eigenvalue weighted by Gasteiger charge is 2.37. The highest BCUT2D eigenvalue weighted by atomic mass is 35.5. The fraction of sp³-hybridized carbons (Fsp3) is 0.304. The summed E-state index contributed by atoms with van der Waals surface area (Å²) in [5, 5.41) is 2.95. The summed E-state index contributed by atoms with van der Waals surface area (Å²) in [7, 11) is 5.31. The van der Waals surface area contributed by atoms with Gasteiger partial charge in [0.2, 0.25) is 11.8 Å².